The van der Waals surface area contributed by atoms with Crippen molar-refractivity contribution in [3.63, 3.8) is 0 Å². The highest BCUT2D eigenvalue weighted by Crippen LogP contribution is 2.37. The Morgan fingerprint density at radius 2 is 2.10 bits per heavy atom. The van der Waals surface area contributed by atoms with Gasteiger partial charge in [0.15, 0.2) is 0 Å². The Bertz CT molecular complexity index is 489. The van der Waals surface area contributed by atoms with Gasteiger partial charge in [0.2, 0.25) is 0 Å². The fourth-order valence-electron chi connectivity index (χ4n) is 3.20. The van der Waals surface area contributed by atoms with Crippen molar-refractivity contribution in [2.75, 3.05) is 26.2 Å². The van der Waals surface area contributed by atoms with E-state index >= 15 is 0 Å². The highest BCUT2D eigenvalue weighted by molar-refractivity contribution is 5.36. The van der Waals surface area contributed by atoms with Crippen LogP contribution in [0.25, 0.3) is 0 Å². The van der Waals surface area contributed by atoms with Gasteiger partial charge in [-0.1, -0.05) is 20.3 Å². The standard InChI is InChI=1S/C16H25N4/c1-13(2)15-14-7-6-8-17-16(14)20(18-15)12-11-19-9-4-3-5-10-19/h6-8,13,15H,3-5,9-12H2,1-2H3/q+1. The van der Waals surface area contributed by atoms with Gasteiger partial charge in [0.05, 0.1) is 5.56 Å². The third-order valence-electron chi connectivity index (χ3n) is 4.35. The maximum absolute atomic E-state index is 4.88. The molecule has 0 N–H and O–H groups in total. The summed E-state index contributed by atoms with van der Waals surface area (Å²) in [5.74, 6) is 1.60. The van der Waals surface area contributed by atoms with Crippen LogP contribution in [0.1, 0.15) is 44.7 Å². The van der Waals surface area contributed by atoms with Gasteiger partial charge >= 0.3 is 5.82 Å². The second-order valence-electron chi connectivity index (χ2n) is 6.25. The molecule has 3 heterocycles. The molecule has 1 fully saturated rings. The molecule has 1 atom stereocenters. The molecule has 1 saturated heterocycles. The molecule has 2 aliphatic rings. The number of pyridine rings is 1. The fraction of sp³-hybridized carbons (Fsp3) is 0.688. The van der Waals surface area contributed by atoms with Crippen molar-refractivity contribution in [3.8, 4) is 0 Å². The lowest BCUT2D eigenvalue weighted by molar-refractivity contribution is -0.514. The fourth-order valence-corrected chi connectivity index (χ4v) is 3.20. The number of piperidine rings is 1. The van der Waals surface area contributed by atoms with E-state index in [-0.39, 0.29) is 6.04 Å². The topological polar surface area (TPSA) is 31.5 Å². The van der Waals surface area contributed by atoms with E-state index in [2.05, 4.69) is 34.5 Å². The van der Waals surface area contributed by atoms with Crippen molar-refractivity contribution in [2.24, 2.45) is 11.0 Å². The van der Waals surface area contributed by atoms with Crippen molar-refractivity contribution >= 4 is 5.82 Å². The zero-order chi connectivity index (χ0) is 13.9. The highest BCUT2D eigenvalue weighted by Gasteiger charge is 2.34. The first-order chi connectivity index (χ1) is 9.75. The lowest BCUT2D eigenvalue weighted by atomic mass is 9.98. The predicted molar refractivity (Wildman–Crippen MR) is 79.3 cm³/mol. The number of fused-ring (bicyclic) bond motifs is 1. The SMILES string of the molecule is CC(C)C1N=[N+](CCN2CCCCC2)c2ncccc21. The second kappa shape index (κ2) is 6.00. The summed E-state index contributed by atoms with van der Waals surface area (Å²) in [5.41, 5.74) is 1.29. The number of hydrogen-bond donors (Lipinski definition) is 0. The largest absolute Gasteiger partial charge is 0.348 e. The smallest absolute Gasteiger partial charge is 0.299 e. The first kappa shape index (κ1) is 13.7. The van der Waals surface area contributed by atoms with Crippen molar-refractivity contribution in [1.82, 2.24) is 9.88 Å². The molecule has 0 aliphatic carbocycles. The van der Waals surface area contributed by atoms with Crippen molar-refractivity contribution < 1.29 is 4.70 Å². The molecule has 2 aliphatic heterocycles. The molecule has 0 radical (unpaired) electrons. The van der Waals surface area contributed by atoms with E-state index in [1.807, 2.05) is 12.3 Å². The van der Waals surface area contributed by atoms with E-state index in [9.17, 15) is 0 Å². The van der Waals surface area contributed by atoms with Crippen LogP contribution in [-0.4, -0.2) is 40.8 Å². The average molecular weight is 273 g/mol. The average Bonchev–Trinajstić information content (AvgIpc) is 2.85. The Morgan fingerprint density at radius 1 is 1.30 bits per heavy atom. The normalized spacial score (nSPS) is 22.9. The number of azo groups is 2. The van der Waals surface area contributed by atoms with Gasteiger partial charge in [-0.05, 0) is 49.0 Å². The van der Waals surface area contributed by atoms with E-state index < -0.39 is 0 Å². The van der Waals surface area contributed by atoms with Crippen LogP contribution in [0.3, 0.4) is 0 Å². The molecule has 1 aromatic rings. The molecule has 0 bridgehead atoms. The van der Waals surface area contributed by atoms with Gasteiger partial charge in [-0.3, -0.25) is 4.90 Å². The maximum Gasteiger partial charge on any atom is 0.348 e. The first-order valence-corrected chi connectivity index (χ1v) is 7.91. The third-order valence-corrected chi connectivity index (χ3v) is 4.35. The van der Waals surface area contributed by atoms with Crippen LogP contribution in [0.4, 0.5) is 5.82 Å². The number of aromatic nitrogens is 1. The van der Waals surface area contributed by atoms with Gasteiger partial charge in [0.25, 0.3) is 0 Å². The van der Waals surface area contributed by atoms with Crippen LogP contribution < -0.4 is 0 Å². The molecule has 1 unspecified atom stereocenters. The van der Waals surface area contributed by atoms with Gasteiger partial charge < -0.3 is 0 Å². The van der Waals surface area contributed by atoms with Crippen molar-refractivity contribution in [2.45, 2.75) is 39.2 Å². The van der Waals surface area contributed by atoms with Crippen LogP contribution >= 0.6 is 0 Å². The lowest BCUT2D eigenvalue weighted by Gasteiger charge is -2.25. The molecule has 0 aromatic carbocycles. The molecule has 0 amide bonds. The molecule has 4 nitrogen and oxygen atoms in total. The van der Waals surface area contributed by atoms with E-state index in [0.717, 1.165) is 18.9 Å². The molecule has 0 spiro atoms. The Kier molecular flexibility index (Phi) is 4.10. The highest BCUT2D eigenvalue weighted by atomic mass is 15.4. The first-order valence-electron chi connectivity index (χ1n) is 7.91. The Labute approximate surface area is 121 Å². The van der Waals surface area contributed by atoms with Gasteiger partial charge in [-0.25, -0.2) is 0 Å². The number of hydrogen-bond acceptors (Lipinski definition) is 3. The van der Waals surface area contributed by atoms with E-state index in [1.165, 1.54) is 37.9 Å². The second-order valence-corrected chi connectivity index (χ2v) is 6.25. The number of likely N-dealkylation sites (tertiary alicyclic amines) is 1. The van der Waals surface area contributed by atoms with E-state index in [0.29, 0.717) is 5.92 Å². The summed E-state index contributed by atoms with van der Waals surface area (Å²) in [6.07, 6.45) is 5.97. The van der Waals surface area contributed by atoms with Gasteiger partial charge in [-0.2, -0.15) is 0 Å². The number of rotatable bonds is 4. The Morgan fingerprint density at radius 3 is 2.85 bits per heavy atom. The molecule has 1 aromatic heterocycles. The van der Waals surface area contributed by atoms with Gasteiger partial charge in [-0.15, -0.1) is 9.81 Å². The Balaban J connectivity index is 1.71. The summed E-state index contributed by atoms with van der Waals surface area (Å²) in [5, 5.41) is 4.88. The van der Waals surface area contributed by atoms with Crippen LogP contribution in [0.2, 0.25) is 0 Å². The van der Waals surface area contributed by atoms with Gasteiger partial charge in [0, 0.05) is 6.54 Å². The maximum atomic E-state index is 4.88. The molecule has 3 rings (SSSR count). The quantitative estimate of drug-likeness (QED) is 0.788. The van der Waals surface area contributed by atoms with Crippen LogP contribution in [-0.2, 0) is 0 Å². The van der Waals surface area contributed by atoms with Crippen LogP contribution in [0.5, 0.6) is 0 Å². The third kappa shape index (κ3) is 2.75. The molecular formula is C16H25N4+. The zero-order valence-corrected chi connectivity index (χ0v) is 12.6. The summed E-state index contributed by atoms with van der Waals surface area (Å²) in [6, 6.07) is 4.48. The lowest BCUT2D eigenvalue weighted by Crippen LogP contribution is -2.33. The number of nitrogens with zero attached hydrogens (tertiary/aromatic N) is 4. The minimum absolute atomic E-state index is 0.278. The summed E-state index contributed by atoms with van der Waals surface area (Å²) in [4.78, 5) is 7.11. The van der Waals surface area contributed by atoms with E-state index in [4.69, 9.17) is 5.11 Å². The van der Waals surface area contributed by atoms with Gasteiger partial charge in [0.1, 0.15) is 18.8 Å². The van der Waals surface area contributed by atoms with E-state index in [1.54, 1.807) is 0 Å². The summed E-state index contributed by atoms with van der Waals surface area (Å²) >= 11 is 0. The molecule has 0 saturated carbocycles. The Hall–Kier alpha value is -1.29. The minimum atomic E-state index is 0.278. The summed E-state index contributed by atoms with van der Waals surface area (Å²) in [7, 11) is 0. The van der Waals surface area contributed by atoms with Crippen molar-refractivity contribution in [1.29, 1.82) is 0 Å². The monoisotopic (exact) mass is 273 g/mol. The van der Waals surface area contributed by atoms with Crippen LogP contribution in [0, 0.1) is 5.92 Å². The molecular weight excluding hydrogens is 248 g/mol. The molecule has 20 heavy (non-hydrogen) atoms. The predicted octanol–water partition coefficient (Wildman–Crippen LogP) is 3.37. The summed E-state index contributed by atoms with van der Waals surface area (Å²) < 4.78 is 2.13. The zero-order valence-electron chi connectivity index (χ0n) is 12.6. The minimum Gasteiger partial charge on any atom is -0.299 e. The van der Waals surface area contributed by atoms with Crippen LogP contribution in [0.15, 0.2) is 23.4 Å². The summed E-state index contributed by atoms with van der Waals surface area (Å²) in [6.45, 7) is 9.03. The van der Waals surface area contributed by atoms with Crippen molar-refractivity contribution in [3.05, 3.63) is 23.9 Å². The molecule has 4 heteroatoms. The molecule has 108 valence electrons.